The number of rotatable bonds is 3. The van der Waals surface area contributed by atoms with Crippen LogP contribution in [-0.4, -0.2) is 25.3 Å². The van der Waals surface area contributed by atoms with E-state index in [0.717, 1.165) is 21.5 Å². The van der Waals surface area contributed by atoms with Gasteiger partial charge in [-0.15, -0.1) is 0 Å². The zero-order chi connectivity index (χ0) is 19.1. The molecule has 3 aromatic heterocycles. The Labute approximate surface area is 152 Å². The van der Waals surface area contributed by atoms with Gasteiger partial charge in [0.05, 0.1) is 16.6 Å². The van der Waals surface area contributed by atoms with Crippen LogP contribution in [0.5, 0.6) is 0 Å². The first kappa shape index (κ1) is 16.7. The van der Waals surface area contributed by atoms with E-state index in [1.165, 1.54) is 24.5 Å². The molecule has 0 unspecified atom stereocenters. The molecule has 136 valence electrons. The Hall–Kier alpha value is -3.75. The summed E-state index contributed by atoms with van der Waals surface area (Å²) in [6.07, 6.45) is 3.47. The van der Waals surface area contributed by atoms with Crippen LogP contribution in [0.25, 0.3) is 27.7 Å². The molecule has 0 aliphatic rings. The van der Waals surface area contributed by atoms with Crippen LogP contribution in [0.3, 0.4) is 0 Å². The maximum absolute atomic E-state index is 13.3. The third-order valence-electron chi connectivity index (χ3n) is 4.28. The molecule has 9 heteroatoms. The molecule has 3 heterocycles. The van der Waals surface area contributed by atoms with Gasteiger partial charge in [0.25, 0.3) is 5.56 Å². The fraction of sp³-hybridized carbons (Fsp3) is 0.111. The van der Waals surface area contributed by atoms with Crippen molar-refractivity contribution in [2.75, 3.05) is 5.43 Å². The van der Waals surface area contributed by atoms with Crippen LogP contribution >= 0.6 is 0 Å². The van der Waals surface area contributed by atoms with Gasteiger partial charge in [0, 0.05) is 18.0 Å². The molecule has 0 aliphatic carbocycles. The number of benzene rings is 1. The quantitative estimate of drug-likeness (QED) is 0.578. The Kier molecular flexibility index (Phi) is 3.84. The second kappa shape index (κ2) is 6.20. The molecule has 4 rings (SSSR count). The van der Waals surface area contributed by atoms with Gasteiger partial charge >= 0.3 is 6.03 Å². The minimum atomic E-state index is -0.851. The number of carbonyl (C=O) groups excluding carboxylic acids is 1. The molecule has 0 aliphatic heterocycles. The molecule has 27 heavy (non-hydrogen) atoms. The average Bonchev–Trinajstić information content (AvgIpc) is 3.03. The molecule has 0 spiro atoms. The Balaban J connectivity index is 2.01. The molecule has 0 atom stereocenters. The minimum Gasteiger partial charge on any atom is -0.350 e. The molecule has 0 saturated heterocycles. The van der Waals surface area contributed by atoms with Crippen LogP contribution in [-0.2, 0) is 6.42 Å². The third kappa shape index (κ3) is 2.69. The summed E-state index contributed by atoms with van der Waals surface area (Å²) >= 11 is 0. The summed E-state index contributed by atoms with van der Waals surface area (Å²) in [7, 11) is 0. The number of hydrogen-bond donors (Lipinski definition) is 2. The van der Waals surface area contributed by atoms with Crippen molar-refractivity contribution in [3.8, 4) is 11.1 Å². The van der Waals surface area contributed by atoms with Gasteiger partial charge in [-0.25, -0.2) is 28.8 Å². The zero-order valence-electron chi connectivity index (χ0n) is 14.3. The van der Waals surface area contributed by atoms with Crippen molar-refractivity contribution < 1.29 is 9.18 Å². The molecule has 3 N–H and O–H groups in total. The predicted molar refractivity (Wildman–Crippen MR) is 98.5 cm³/mol. The Morgan fingerprint density at radius 3 is 2.67 bits per heavy atom. The Morgan fingerprint density at radius 1 is 1.26 bits per heavy atom. The van der Waals surface area contributed by atoms with Crippen molar-refractivity contribution in [1.29, 1.82) is 0 Å². The molecule has 2 amide bonds. The molecule has 8 nitrogen and oxygen atoms in total. The average molecular weight is 366 g/mol. The number of carbonyl (C=O) groups is 1. The van der Waals surface area contributed by atoms with Crippen molar-refractivity contribution in [2.45, 2.75) is 13.3 Å². The molecule has 0 bridgehead atoms. The lowest BCUT2D eigenvalue weighted by Crippen LogP contribution is -2.35. The molecular weight excluding hydrogens is 351 g/mol. The van der Waals surface area contributed by atoms with E-state index < -0.39 is 11.6 Å². The van der Waals surface area contributed by atoms with Gasteiger partial charge in [-0.05, 0) is 30.2 Å². The van der Waals surface area contributed by atoms with E-state index in [1.54, 1.807) is 22.7 Å². The number of nitrogens with two attached hydrogens (primary N) is 1. The highest BCUT2D eigenvalue weighted by molar-refractivity contribution is 5.87. The van der Waals surface area contributed by atoms with Crippen LogP contribution < -0.4 is 16.7 Å². The van der Waals surface area contributed by atoms with Crippen LogP contribution in [0.2, 0.25) is 0 Å². The summed E-state index contributed by atoms with van der Waals surface area (Å²) in [5, 5.41) is 4.86. The van der Waals surface area contributed by atoms with Crippen molar-refractivity contribution >= 4 is 22.6 Å². The van der Waals surface area contributed by atoms with E-state index in [2.05, 4.69) is 15.5 Å². The van der Waals surface area contributed by atoms with E-state index in [9.17, 15) is 14.0 Å². The summed E-state index contributed by atoms with van der Waals surface area (Å²) in [6, 6.07) is 6.90. The Bertz CT molecular complexity index is 1240. The first-order valence-electron chi connectivity index (χ1n) is 8.24. The number of urea groups is 1. The Morgan fingerprint density at radius 2 is 2.00 bits per heavy atom. The number of aryl methyl sites for hydroxylation is 1. The lowest BCUT2D eigenvalue weighted by atomic mass is 10.0. The van der Waals surface area contributed by atoms with Gasteiger partial charge in [-0.1, -0.05) is 19.1 Å². The van der Waals surface area contributed by atoms with Gasteiger partial charge < -0.3 is 5.73 Å². The van der Waals surface area contributed by atoms with Crippen LogP contribution in [0, 0.1) is 5.82 Å². The maximum atomic E-state index is 13.3. The van der Waals surface area contributed by atoms with Gasteiger partial charge in [0.15, 0.2) is 5.65 Å². The van der Waals surface area contributed by atoms with E-state index in [4.69, 9.17) is 5.73 Å². The van der Waals surface area contributed by atoms with Gasteiger partial charge in [0.1, 0.15) is 5.82 Å². The normalized spacial score (nSPS) is 11.2. The summed E-state index contributed by atoms with van der Waals surface area (Å²) in [6.45, 7) is 1.96. The number of fused-ring (bicyclic) bond motifs is 3. The van der Waals surface area contributed by atoms with E-state index in [1.807, 2.05) is 6.92 Å². The maximum Gasteiger partial charge on any atom is 0.331 e. The van der Waals surface area contributed by atoms with Crippen molar-refractivity contribution in [3.63, 3.8) is 0 Å². The van der Waals surface area contributed by atoms with Crippen molar-refractivity contribution in [1.82, 2.24) is 19.3 Å². The first-order chi connectivity index (χ1) is 13.0. The van der Waals surface area contributed by atoms with E-state index >= 15 is 0 Å². The highest BCUT2D eigenvalue weighted by Gasteiger charge is 2.18. The number of pyridine rings is 1. The summed E-state index contributed by atoms with van der Waals surface area (Å²) in [5.74, 6) is -0.325. The number of hydrogen-bond acceptors (Lipinski definition) is 4. The number of aromatic nitrogens is 4. The summed E-state index contributed by atoms with van der Waals surface area (Å²) in [5.41, 5.74) is 10.3. The summed E-state index contributed by atoms with van der Waals surface area (Å²) in [4.78, 5) is 28.0. The number of nitrogens with zero attached hydrogens (tertiary/aromatic N) is 4. The monoisotopic (exact) mass is 366 g/mol. The molecule has 4 aromatic rings. The van der Waals surface area contributed by atoms with E-state index in [-0.39, 0.29) is 11.2 Å². The SMILES string of the molecule is CCc1nn2c(ncc3c(=O)n(NC(N)=O)ccc32)c1-c1ccc(F)cc1. The highest BCUT2D eigenvalue weighted by atomic mass is 19.1. The number of halogens is 1. The fourth-order valence-corrected chi connectivity index (χ4v) is 3.08. The second-order valence-electron chi connectivity index (χ2n) is 5.94. The van der Waals surface area contributed by atoms with Gasteiger partial charge in [0.2, 0.25) is 0 Å². The summed E-state index contributed by atoms with van der Waals surface area (Å²) < 4.78 is 15.9. The number of nitrogens with one attached hydrogen (secondary N) is 1. The standard InChI is InChI=1S/C18H15FN6O2/c1-2-13-15(10-3-5-11(19)6-4-10)16-21-9-12-14(25(16)22-13)7-8-24(17(12)26)23-18(20)27/h3-9H,2H2,1H3,(H3,20,23,27). The highest BCUT2D eigenvalue weighted by Crippen LogP contribution is 2.29. The molecule has 1 aromatic carbocycles. The van der Waals surface area contributed by atoms with E-state index in [0.29, 0.717) is 17.6 Å². The fourth-order valence-electron chi connectivity index (χ4n) is 3.08. The lowest BCUT2D eigenvalue weighted by molar-refractivity contribution is 0.257. The van der Waals surface area contributed by atoms with Crippen LogP contribution in [0.4, 0.5) is 9.18 Å². The zero-order valence-corrected chi connectivity index (χ0v) is 14.3. The van der Waals surface area contributed by atoms with Gasteiger partial charge in [-0.3, -0.25) is 4.79 Å². The number of amides is 2. The van der Waals surface area contributed by atoms with Crippen molar-refractivity contribution in [3.05, 3.63) is 64.6 Å². The molecule has 0 radical (unpaired) electrons. The first-order valence-corrected chi connectivity index (χ1v) is 8.24. The molecule has 0 fully saturated rings. The van der Waals surface area contributed by atoms with Crippen molar-refractivity contribution in [2.24, 2.45) is 5.73 Å². The second-order valence-corrected chi connectivity index (χ2v) is 5.94. The van der Waals surface area contributed by atoms with Crippen LogP contribution in [0.1, 0.15) is 12.6 Å². The predicted octanol–water partition coefficient (Wildman–Crippen LogP) is 2.03. The largest absolute Gasteiger partial charge is 0.350 e. The smallest absolute Gasteiger partial charge is 0.331 e. The molecule has 0 saturated carbocycles. The lowest BCUT2D eigenvalue weighted by Gasteiger charge is -2.07. The molecular formula is C18H15FN6O2. The number of primary amides is 1. The minimum absolute atomic E-state index is 0.273. The van der Waals surface area contributed by atoms with Gasteiger partial charge in [-0.2, -0.15) is 5.10 Å². The van der Waals surface area contributed by atoms with Crippen LogP contribution in [0.15, 0.2) is 47.5 Å². The third-order valence-corrected chi connectivity index (χ3v) is 4.28. The topological polar surface area (TPSA) is 107 Å².